The lowest BCUT2D eigenvalue weighted by molar-refractivity contribution is 0.171. The largest absolute Gasteiger partial charge is 0.489 e. The fraction of sp³-hybridized carbons (Fsp3) is 0.200. The number of benzene rings is 2. The summed E-state index contributed by atoms with van der Waals surface area (Å²) in [6, 6.07) is 11.6. The summed E-state index contributed by atoms with van der Waals surface area (Å²) in [5, 5.41) is 0. The monoisotopic (exact) mass is 383 g/mol. The third-order valence-corrected chi connectivity index (χ3v) is 3.67. The van der Waals surface area contributed by atoms with Crippen molar-refractivity contribution >= 4 is 28.3 Å². The fourth-order valence-corrected chi connectivity index (χ4v) is 2.50. The predicted molar refractivity (Wildman–Crippen MR) is 85.3 cm³/mol. The van der Waals surface area contributed by atoms with E-state index in [1.54, 1.807) is 6.07 Å². The first-order valence-electron chi connectivity index (χ1n) is 6.29. The van der Waals surface area contributed by atoms with Crippen molar-refractivity contribution in [2.45, 2.75) is 6.61 Å². The Bertz CT molecular complexity index is 631. The maximum Gasteiger partial charge on any atom is 0.163 e. The quantitative estimate of drug-likeness (QED) is 0.653. The molecule has 0 spiro atoms. The van der Waals surface area contributed by atoms with Crippen LogP contribution in [0.2, 0.25) is 0 Å². The molecule has 4 nitrogen and oxygen atoms in total. The van der Waals surface area contributed by atoms with E-state index in [9.17, 15) is 0 Å². The molecule has 2 N–H and O–H groups in total. The second-order valence-corrected chi connectivity index (χ2v) is 5.69. The molecule has 0 fully saturated rings. The Balaban J connectivity index is 1.77. The number of rotatable bonds is 3. The van der Waals surface area contributed by atoms with Crippen LogP contribution in [-0.4, -0.2) is 13.2 Å². The van der Waals surface area contributed by atoms with Crippen molar-refractivity contribution < 1.29 is 14.2 Å². The van der Waals surface area contributed by atoms with Gasteiger partial charge in [-0.2, -0.15) is 0 Å². The molecule has 0 aliphatic carbocycles. The molecule has 0 unspecified atom stereocenters. The zero-order valence-corrected chi connectivity index (χ0v) is 12.9. The van der Waals surface area contributed by atoms with E-state index in [1.807, 2.05) is 30.3 Å². The molecule has 3 rings (SSSR count). The summed E-state index contributed by atoms with van der Waals surface area (Å²) >= 11 is 2.25. The van der Waals surface area contributed by atoms with Crippen molar-refractivity contribution in [1.82, 2.24) is 0 Å². The van der Waals surface area contributed by atoms with Gasteiger partial charge in [0.1, 0.15) is 25.6 Å². The van der Waals surface area contributed by atoms with E-state index in [0.717, 1.165) is 20.6 Å². The molecule has 0 bridgehead atoms. The van der Waals surface area contributed by atoms with Crippen molar-refractivity contribution in [2.75, 3.05) is 18.9 Å². The van der Waals surface area contributed by atoms with Gasteiger partial charge in [-0.15, -0.1) is 0 Å². The number of anilines is 1. The first-order chi connectivity index (χ1) is 9.72. The van der Waals surface area contributed by atoms with Gasteiger partial charge in [-0.25, -0.2) is 0 Å². The Kier molecular flexibility index (Phi) is 3.86. The first-order valence-corrected chi connectivity index (χ1v) is 7.36. The molecule has 0 amide bonds. The average molecular weight is 383 g/mol. The number of ether oxygens (including phenoxy) is 3. The van der Waals surface area contributed by atoms with Crippen molar-refractivity contribution in [3.63, 3.8) is 0 Å². The number of nitrogen functional groups attached to an aromatic ring is 1. The highest BCUT2D eigenvalue weighted by Gasteiger charge is 2.14. The summed E-state index contributed by atoms with van der Waals surface area (Å²) in [6.45, 7) is 1.53. The number of hydrogen-bond acceptors (Lipinski definition) is 4. The first kappa shape index (κ1) is 13.4. The Morgan fingerprint density at radius 3 is 2.60 bits per heavy atom. The molecule has 0 aromatic heterocycles. The molecule has 0 saturated carbocycles. The van der Waals surface area contributed by atoms with Crippen LogP contribution in [0.15, 0.2) is 36.4 Å². The minimum atomic E-state index is 0.405. The van der Waals surface area contributed by atoms with E-state index in [4.69, 9.17) is 19.9 Å². The van der Waals surface area contributed by atoms with Crippen molar-refractivity contribution in [2.24, 2.45) is 0 Å². The molecule has 2 aromatic rings. The van der Waals surface area contributed by atoms with Crippen LogP contribution in [0.3, 0.4) is 0 Å². The highest BCUT2D eigenvalue weighted by atomic mass is 127. The van der Waals surface area contributed by atoms with Gasteiger partial charge in [0, 0.05) is 20.9 Å². The van der Waals surface area contributed by atoms with Crippen molar-refractivity contribution in [3.05, 3.63) is 45.5 Å². The number of fused-ring (bicyclic) bond motifs is 1. The van der Waals surface area contributed by atoms with Crippen molar-refractivity contribution in [3.8, 4) is 17.2 Å². The van der Waals surface area contributed by atoms with Gasteiger partial charge < -0.3 is 19.9 Å². The van der Waals surface area contributed by atoms with E-state index < -0.39 is 0 Å². The van der Waals surface area contributed by atoms with E-state index in [0.29, 0.717) is 31.3 Å². The van der Waals surface area contributed by atoms with Crippen LogP contribution in [0.5, 0.6) is 17.2 Å². The Morgan fingerprint density at radius 2 is 1.85 bits per heavy atom. The highest BCUT2D eigenvalue weighted by molar-refractivity contribution is 14.1. The molecule has 104 valence electrons. The average Bonchev–Trinajstić information content (AvgIpc) is 2.45. The lowest BCUT2D eigenvalue weighted by atomic mass is 10.1. The topological polar surface area (TPSA) is 53.7 Å². The van der Waals surface area contributed by atoms with Crippen LogP contribution in [0.25, 0.3) is 0 Å². The smallest absolute Gasteiger partial charge is 0.163 e. The van der Waals surface area contributed by atoms with Crippen LogP contribution in [0.4, 0.5) is 5.69 Å². The second-order valence-electron chi connectivity index (χ2n) is 4.44. The molecule has 1 aliphatic rings. The van der Waals surface area contributed by atoms with Crippen LogP contribution >= 0.6 is 22.6 Å². The molecular formula is C15H14INO3. The lowest BCUT2D eigenvalue weighted by Crippen LogP contribution is -2.16. The maximum atomic E-state index is 6.02. The number of halogens is 1. The van der Waals surface area contributed by atoms with Crippen LogP contribution in [0.1, 0.15) is 5.56 Å². The van der Waals surface area contributed by atoms with E-state index >= 15 is 0 Å². The zero-order valence-electron chi connectivity index (χ0n) is 10.8. The van der Waals surface area contributed by atoms with Crippen molar-refractivity contribution in [1.29, 1.82) is 0 Å². The van der Waals surface area contributed by atoms with Gasteiger partial charge >= 0.3 is 0 Å². The summed E-state index contributed by atoms with van der Waals surface area (Å²) in [4.78, 5) is 0. The molecule has 1 aliphatic heterocycles. The summed E-state index contributed by atoms with van der Waals surface area (Å²) in [6.07, 6.45) is 0. The minimum absolute atomic E-state index is 0.405. The third kappa shape index (κ3) is 2.92. The number of nitrogens with two attached hydrogens (primary N) is 1. The Labute approximate surface area is 131 Å². The van der Waals surface area contributed by atoms with Gasteiger partial charge in [0.05, 0.1) is 0 Å². The number of hydrogen-bond donors (Lipinski definition) is 1. The van der Waals surface area contributed by atoms with Gasteiger partial charge in [0.2, 0.25) is 0 Å². The Hall–Kier alpha value is -1.63. The van der Waals surface area contributed by atoms with Gasteiger partial charge in [0.15, 0.2) is 11.5 Å². The summed E-state index contributed by atoms with van der Waals surface area (Å²) < 4.78 is 17.9. The molecule has 20 heavy (non-hydrogen) atoms. The molecule has 0 atom stereocenters. The third-order valence-electron chi connectivity index (χ3n) is 2.99. The predicted octanol–water partition coefficient (Wildman–Crippen LogP) is 3.22. The molecule has 0 radical (unpaired) electrons. The molecule has 2 aromatic carbocycles. The van der Waals surface area contributed by atoms with Gasteiger partial charge in [-0.3, -0.25) is 0 Å². The van der Waals surface area contributed by atoms with E-state index in [1.165, 1.54) is 0 Å². The fourth-order valence-electron chi connectivity index (χ4n) is 1.99. The summed E-state index contributed by atoms with van der Waals surface area (Å²) in [5.74, 6) is 2.25. The summed E-state index contributed by atoms with van der Waals surface area (Å²) in [5.41, 5.74) is 7.57. The Morgan fingerprint density at radius 1 is 1.10 bits per heavy atom. The molecular weight excluding hydrogens is 369 g/mol. The molecule has 1 heterocycles. The van der Waals surface area contributed by atoms with Gasteiger partial charge in [0.25, 0.3) is 0 Å². The SMILES string of the molecule is Nc1cc2c(cc1COc1cccc(I)c1)OCCO2. The van der Waals surface area contributed by atoms with Gasteiger partial charge in [-0.1, -0.05) is 6.07 Å². The van der Waals surface area contributed by atoms with E-state index in [2.05, 4.69) is 22.6 Å². The highest BCUT2D eigenvalue weighted by Crippen LogP contribution is 2.34. The molecule has 0 saturated heterocycles. The van der Waals surface area contributed by atoms with E-state index in [-0.39, 0.29) is 0 Å². The maximum absolute atomic E-state index is 6.02. The standard InChI is InChI=1S/C15H14INO3/c16-11-2-1-3-12(7-11)20-9-10-6-14-15(8-13(10)17)19-5-4-18-14/h1-3,6-8H,4-5,9,17H2. The minimum Gasteiger partial charge on any atom is -0.489 e. The second kappa shape index (κ2) is 5.78. The van der Waals surface area contributed by atoms with Crippen LogP contribution < -0.4 is 19.9 Å². The summed E-state index contributed by atoms with van der Waals surface area (Å²) in [7, 11) is 0. The normalized spacial score (nSPS) is 13.1. The van der Waals surface area contributed by atoms with Crippen LogP contribution in [-0.2, 0) is 6.61 Å². The zero-order chi connectivity index (χ0) is 13.9. The van der Waals surface area contributed by atoms with Crippen LogP contribution in [0, 0.1) is 3.57 Å². The lowest BCUT2D eigenvalue weighted by Gasteiger charge is -2.20. The van der Waals surface area contributed by atoms with Gasteiger partial charge in [-0.05, 0) is 46.9 Å². The molecule has 5 heteroatoms.